The Hall–Kier alpha value is -2.54. The number of methoxy groups -OCH3 is 1. The van der Waals surface area contributed by atoms with Gasteiger partial charge in [0.05, 0.1) is 12.7 Å². The average Bonchev–Trinajstić information content (AvgIpc) is 2.48. The number of nitrogens with zero attached hydrogens (tertiary/aromatic N) is 2. The molecule has 0 aliphatic heterocycles. The summed E-state index contributed by atoms with van der Waals surface area (Å²) >= 11 is 0. The molecule has 4 nitrogen and oxygen atoms in total. The van der Waals surface area contributed by atoms with Crippen molar-refractivity contribution in [3.63, 3.8) is 0 Å². The maximum atomic E-state index is 9.00. The third-order valence-corrected chi connectivity index (χ3v) is 3.05. The number of rotatable bonds is 5. The first-order chi connectivity index (χ1) is 9.74. The topological polar surface area (TPSA) is 57.9 Å². The molecule has 20 heavy (non-hydrogen) atoms. The van der Waals surface area contributed by atoms with Crippen LogP contribution in [0.15, 0.2) is 36.5 Å². The van der Waals surface area contributed by atoms with Gasteiger partial charge in [0.1, 0.15) is 17.6 Å². The van der Waals surface area contributed by atoms with E-state index in [1.165, 1.54) is 5.56 Å². The number of anilines is 1. The zero-order chi connectivity index (χ0) is 14.4. The maximum absolute atomic E-state index is 9.00. The van der Waals surface area contributed by atoms with E-state index in [-0.39, 0.29) is 0 Å². The number of nitrogens with one attached hydrogen (secondary N) is 1. The first kappa shape index (κ1) is 13.9. The van der Waals surface area contributed by atoms with Crippen LogP contribution in [-0.2, 0) is 6.42 Å². The van der Waals surface area contributed by atoms with Gasteiger partial charge < -0.3 is 10.1 Å². The third-order valence-electron chi connectivity index (χ3n) is 3.05. The number of aryl methyl sites for hydroxylation is 1. The Balaban J connectivity index is 2.03. The molecule has 1 N–H and O–H groups in total. The minimum atomic E-state index is 0.559. The molecule has 0 spiro atoms. The van der Waals surface area contributed by atoms with Gasteiger partial charge in [-0.3, -0.25) is 0 Å². The lowest BCUT2D eigenvalue weighted by Crippen LogP contribution is -2.08. The second-order valence-corrected chi connectivity index (χ2v) is 4.50. The standard InChI is InChI=1S/C16H17N3O/c1-12-5-6-15(20-2)13(10-12)7-9-19-16-14(11-17)4-3-8-18-16/h3-6,8,10H,7,9H2,1-2H3,(H,18,19). The summed E-state index contributed by atoms with van der Waals surface area (Å²) < 4.78 is 5.35. The van der Waals surface area contributed by atoms with Crippen molar-refractivity contribution in [3.05, 3.63) is 53.2 Å². The van der Waals surface area contributed by atoms with Gasteiger partial charge in [-0.1, -0.05) is 17.7 Å². The Morgan fingerprint density at radius 1 is 1.35 bits per heavy atom. The van der Waals surface area contributed by atoms with Crippen LogP contribution < -0.4 is 10.1 Å². The van der Waals surface area contributed by atoms with Crippen LogP contribution in [-0.4, -0.2) is 18.6 Å². The summed E-state index contributed by atoms with van der Waals surface area (Å²) in [6.45, 7) is 2.76. The van der Waals surface area contributed by atoms with Crippen LogP contribution in [0.1, 0.15) is 16.7 Å². The molecular weight excluding hydrogens is 250 g/mol. The lowest BCUT2D eigenvalue weighted by molar-refractivity contribution is 0.410. The van der Waals surface area contributed by atoms with Crippen molar-refractivity contribution in [3.8, 4) is 11.8 Å². The van der Waals surface area contributed by atoms with E-state index in [1.54, 1.807) is 25.4 Å². The number of benzene rings is 1. The number of pyridine rings is 1. The molecule has 1 heterocycles. The fourth-order valence-corrected chi connectivity index (χ4v) is 2.05. The predicted octanol–water partition coefficient (Wildman–Crippen LogP) is 2.92. The molecule has 4 heteroatoms. The number of hydrogen-bond donors (Lipinski definition) is 1. The van der Waals surface area contributed by atoms with Crippen LogP contribution in [0.4, 0.5) is 5.82 Å². The van der Waals surface area contributed by atoms with E-state index in [2.05, 4.69) is 29.4 Å². The summed E-state index contributed by atoms with van der Waals surface area (Å²) in [4.78, 5) is 4.18. The van der Waals surface area contributed by atoms with Crippen LogP contribution in [0.3, 0.4) is 0 Å². The van der Waals surface area contributed by atoms with Gasteiger partial charge in [0.2, 0.25) is 0 Å². The number of ether oxygens (including phenoxy) is 1. The Kier molecular flexibility index (Phi) is 4.56. The van der Waals surface area contributed by atoms with Gasteiger partial charge in [0.15, 0.2) is 0 Å². The summed E-state index contributed by atoms with van der Waals surface area (Å²) in [6, 6.07) is 11.8. The lowest BCUT2D eigenvalue weighted by Gasteiger charge is -2.11. The van der Waals surface area contributed by atoms with E-state index >= 15 is 0 Å². The first-order valence-corrected chi connectivity index (χ1v) is 6.47. The van der Waals surface area contributed by atoms with Gasteiger partial charge in [-0.05, 0) is 37.1 Å². The summed E-state index contributed by atoms with van der Waals surface area (Å²) in [5.74, 6) is 1.51. The Bertz CT molecular complexity index is 632. The van der Waals surface area contributed by atoms with Crippen molar-refractivity contribution in [2.24, 2.45) is 0 Å². The number of aromatic nitrogens is 1. The molecule has 1 aromatic heterocycles. The van der Waals surface area contributed by atoms with Crippen LogP contribution in [0.5, 0.6) is 5.75 Å². The number of hydrogen-bond acceptors (Lipinski definition) is 4. The lowest BCUT2D eigenvalue weighted by atomic mass is 10.1. The van der Waals surface area contributed by atoms with Crippen molar-refractivity contribution >= 4 is 5.82 Å². The van der Waals surface area contributed by atoms with Crippen molar-refractivity contribution in [2.75, 3.05) is 19.0 Å². The molecule has 0 amide bonds. The van der Waals surface area contributed by atoms with E-state index < -0.39 is 0 Å². The molecule has 0 fully saturated rings. The van der Waals surface area contributed by atoms with E-state index in [1.807, 2.05) is 12.1 Å². The van der Waals surface area contributed by atoms with Crippen LogP contribution in [0.25, 0.3) is 0 Å². The molecule has 0 aliphatic carbocycles. The zero-order valence-corrected chi connectivity index (χ0v) is 11.7. The smallest absolute Gasteiger partial charge is 0.143 e. The molecule has 0 atom stereocenters. The summed E-state index contributed by atoms with van der Waals surface area (Å²) in [5.41, 5.74) is 2.91. The van der Waals surface area contributed by atoms with E-state index in [0.717, 1.165) is 17.7 Å². The third kappa shape index (κ3) is 3.27. The van der Waals surface area contributed by atoms with Gasteiger partial charge in [-0.15, -0.1) is 0 Å². The molecule has 1 aromatic carbocycles. The second kappa shape index (κ2) is 6.58. The van der Waals surface area contributed by atoms with E-state index in [0.29, 0.717) is 17.9 Å². The molecule has 2 rings (SSSR count). The molecule has 0 bridgehead atoms. The number of nitriles is 1. The molecule has 0 saturated heterocycles. The molecule has 0 aliphatic rings. The van der Waals surface area contributed by atoms with E-state index in [4.69, 9.17) is 10.00 Å². The SMILES string of the molecule is COc1ccc(C)cc1CCNc1ncccc1C#N. The maximum Gasteiger partial charge on any atom is 0.143 e. The van der Waals surface area contributed by atoms with Crippen LogP contribution in [0.2, 0.25) is 0 Å². The molecular formula is C16H17N3O. The predicted molar refractivity (Wildman–Crippen MR) is 78.9 cm³/mol. The summed E-state index contributed by atoms with van der Waals surface area (Å²) in [5, 5.41) is 12.2. The van der Waals surface area contributed by atoms with Gasteiger partial charge in [0.25, 0.3) is 0 Å². The van der Waals surface area contributed by atoms with Crippen molar-refractivity contribution < 1.29 is 4.74 Å². The van der Waals surface area contributed by atoms with Crippen molar-refractivity contribution in [2.45, 2.75) is 13.3 Å². The normalized spacial score (nSPS) is 9.85. The van der Waals surface area contributed by atoms with Crippen molar-refractivity contribution in [1.82, 2.24) is 4.98 Å². The molecule has 2 aromatic rings. The summed E-state index contributed by atoms with van der Waals surface area (Å²) in [7, 11) is 1.67. The summed E-state index contributed by atoms with van der Waals surface area (Å²) in [6.07, 6.45) is 2.49. The molecule has 0 unspecified atom stereocenters. The fourth-order valence-electron chi connectivity index (χ4n) is 2.05. The minimum absolute atomic E-state index is 0.559. The van der Waals surface area contributed by atoms with E-state index in [9.17, 15) is 0 Å². The van der Waals surface area contributed by atoms with Crippen molar-refractivity contribution in [1.29, 1.82) is 5.26 Å². The highest BCUT2D eigenvalue weighted by molar-refractivity contribution is 5.51. The molecule has 102 valence electrons. The second-order valence-electron chi connectivity index (χ2n) is 4.50. The monoisotopic (exact) mass is 267 g/mol. The molecule has 0 saturated carbocycles. The first-order valence-electron chi connectivity index (χ1n) is 6.47. The highest BCUT2D eigenvalue weighted by Gasteiger charge is 2.05. The molecule has 0 radical (unpaired) electrons. The van der Waals surface area contributed by atoms with Crippen LogP contribution >= 0.6 is 0 Å². The van der Waals surface area contributed by atoms with Gasteiger partial charge in [-0.2, -0.15) is 5.26 Å². The highest BCUT2D eigenvalue weighted by atomic mass is 16.5. The Morgan fingerprint density at radius 2 is 2.20 bits per heavy atom. The van der Waals surface area contributed by atoms with Crippen LogP contribution in [0, 0.1) is 18.3 Å². The van der Waals surface area contributed by atoms with Gasteiger partial charge >= 0.3 is 0 Å². The quantitative estimate of drug-likeness (QED) is 0.905. The zero-order valence-electron chi connectivity index (χ0n) is 11.7. The largest absolute Gasteiger partial charge is 0.496 e. The average molecular weight is 267 g/mol. The Morgan fingerprint density at radius 3 is 2.95 bits per heavy atom. The van der Waals surface area contributed by atoms with Gasteiger partial charge in [0, 0.05) is 12.7 Å². The van der Waals surface area contributed by atoms with Gasteiger partial charge in [-0.25, -0.2) is 4.98 Å². The fraction of sp³-hybridized carbons (Fsp3) is 0.250. The minimum Gasteiger partial charge on any atom is -0.496 e. The highest BCUT2D eigenvalue weighted by Crippen LogP contribution is 2.20. The Labute approximate surface area is 119 Å².